The number of fused-ring (bicyclic) bond motifs is 1. The molecule has 0 spiro atoms. The number of likely N-dealkylation sites (tertiary alicyclic amines) is 1. The number of β-amino-alcohol motifs (C(OH)–C–C–N with tert-alkyl or cyclic N) is 1. The number of carbonyl (C=O) groups is 1. The maximum Gasteiger partial charge on any atom is 0.234 e. The molecule has 24 heavy (non-hydrogen) atoms. The fourth-order valence-corrected chi connectivity index (χ4v) is 3.33. The molecule has 0 aliphatic carbocycles. The Morgan fingerprint density at radius 1 is 1.38 bits per heavy atom. The number of nitrogens with one attached hydrogen (secondary N) is 1. The second-order valence-electron chi connectivity index (χ2n) is 6.31. The number of aliphatic hydroxyl groups is 1. The minimum absolute atomic E-state index is 0.0305. The second kappa shape index (κ2) is 7.55. The third kappa shape index (κ3) is 3.80. The van der Waals surface area contributed by atoms with Gasteiger partial charge in [0.15, 0.2) is 0 Å². The molecule has 5 nitrogen and oxygen atoms in total. The lowest BCUT2D eigenvalue weighted by Crippen LogP contribution is -2.36. The number of hydrogen-bond donors (Lipinski definition) is 2. The van der Waals surface area contributed by atoms with E-state index in [1.165, 1.54) is 5.56 Å². The Morgan fingerprint density at radius 3 is 3.04 bits per heavy atom. The van der Waals surface area contributed by atoms with Gasteiger partial charge in [-0.05, 0) is 24.1 Å². The van der Waals surface area contributed by atoms with Crippen LogP contribution < -0.4 is 5.32 Å². The predicted molar refractivity (Wildman–Crippen MR) is 94.6 cm³/mol. The monoisotopic (exact) mass is 325 g/mol. The molecular formula is C19H23N3O2. The van der Waals surface area contributed by atoms with E-state index in [2.05, 4.69) is 22.9 Å². The van der Waals surface area contributed by atoms with Gasteiger partial charge in [0.1, 0.15) is 0 Å². The van der Waals surface area contributed by atoms with Crippen LogP contribution in [0.25, 0.3) is 10.9 Å². The standard InChI is InChI=1S/C19H23N3O2/c1-2-8-21-19(24)13-22-11-15(18(23)12-22)10-14-7-9-20-17-6-4-3-5-16(14)17/h2-7,9,15,18,23H,1,8,10-13H2,(H,21,24)/t15-,18+/m1/s1. The number of nitrogens with zero attached hydrogens (tertiary/aromatic N) is 2. The van der Waals surface area contributed by atoms with Crippen LogP contribution in [0, 0.1) is 5.92 Å². The Kier molecular flexibility index (Phi) is 5.23. The van der Waals surface area contributed by atoms with E-state index < -0.39 is 6.10 Å². The summed E-state index contributed by atoms with van der Waals surface area (Å²) in [5.74, 6) is 0.0973. The van der Waals surface area contributed by atoms with Gasteiger partial charge in [0.25, 0.3) is 0 Å². The van der Waals surface area contributed by atoms with E-state index in [1.807, 2.05) is 35.4 Å². The number of hydrogen-bond acceptors (Lipinski definition) is 4. The number of para-hydroxylation sites is 1. The van der Waals surface area contributed by atoms with Crippen molar-refractivity contribution in [2.24, 2.45) is 5.92 Å². The van der Waals surface area contributed by atoms with Gasteiger partial charge >= 0.3 is 0 Å². The zero-order valence-corrected chi connectivity index (χ0v) is 13.7. The molecule has 1 amide bonds. The number of rotatable bonds is 6. The van der Waals surface area contributed by atoms with Crippen molar-refractivity contribution in [1.29, 1.82) is 0 Å². The highest BCUT2D eigenvalue weighted by molar-refractivity contribution is 5.81. The van der Waals surface area contributed by atoms with Crippen molar-refractivity contribution in [3.05, 3.63) is 54.7 Å². The zero-order chi connectivity index (χ0) is 16.9. The van der Waals surface area contributed by atoms with E-state index in [1.54, 1.807) is 6.08 Å². The van der Waals surface area contributed by atoms with Crippen LogP contribution in [-0.4, -0.2) is 53.2 Å². The van der Waals surface area contributed by atoms with E-state index in [-0.39, 0.29) is 11.8 Å². The molecule has 0 bridgehead atoms. The first-order valence-corrected chi connectivity index (χ1v) is 8.28. The number of carbonyl (C=O) groups excluding carboxylic acids is 1. The van der Waals surface area contributed by atoms with Crippen molar-refractivity contribution in [2.75, 3.05) is 26.2 Å². The molecule has 1 aliphatic rings. The van der Waals surface area contributed by atoms with Crippen LogP contribution in [0.2, 0.25) is 0 Å². The maximum atomic E-state index is 11.8. The molecule has 1 aliphatic heterocycles. The first-order valence-electron chi connectivity index (χ1n) is 8.28. The van der Waals surface area contributed by atoms with Crippen LogP contribution in [0.15, 0.2) is 49.2 Å². The molecular weight excluding hydrogens is 302 g/mol. The van der Waals surface area contributed by atoms with Gasteiger partial charge < -0.3 is 10.4 Å². The lowest BCUT2D eigenvalue weighted by molar-refractivity contribution is -0.121. The summed E-state index contributed by atoms with van der Waals surface area (Å²) in [4.78, 5) is 18.2. The summed E-state index contributed by atoms with van der Waals surface area (Å²) >= 11 is 0. The molecule has 1 aromatic carbocycles. The Balaban J connectivity index is 1.65. The Hall–Kier alpha value is -2.24. The number of aromatic nitrogens is 1. The van der Waals surface area contributed by atoms with Gasteiger partial charge in [-0.1, -0.05) is 24.3 Å². The van der Waals surface area contributed by atoms with Gasteiger partial charge in [-0.15, -0.1) is 6.58 Å². The summed E-state index contributed by atoms with van der Waals surface area (Å²) in [6, 6.07) is 10.1. The molecule has 1 aromatic heterocycles. The minimum Gasteiger partial charge on any atom is -0.391 e. The molecule has 5 heteroatoms. The van der Waals surface area contributed by atoms with Gasteiger partial charge in [-0.3, -0.25) is 14.7 Å². The summed E-state index contributed by atoms with van der Waals surface area (Å²) in [7, 11) is 0. The molecule has 126 valence electrons. The number of pyridine rings is 1. The Bertz CT molecular complexity index is 726. The van der Waals surface area contributed by atoms with E-state index in [0.29, 0.717) is 19.6 Å². The lowest BCUT2D eigenvalue weighted by Gasteiger charge is -2.16. The lowest BCUT2D eigenvalue weighted by atomic mass is 9.94. The van der Waals surface area contributed by atoms with Crippen molar-refractivity contribution in [2.45, 2.75) is 12.5 Å². The van der Waals surface area contributed by atoms with Crippen LogP contribution in [0.5, 0.6) is 0 Å². The summed E-state index contributed by atoms with van der Waals surface area (Å²) < 4.78 is 0. The third-order valence-corrected chi connectivity index (χ3v) is 4.51. The highest BCUT2D eigenvalue weighted by atomic mass is 16.3. The van der Waals surface area contributed by atoms with Crippen molar-refractivity contribution in [3.63, 3.8) is 0 Å². The summed E-state index contributed by atoms with van der Waals surface area (Å²) in [6.07, 6.45) is 3.85. The molecule has 2 aromatic rings. The summed E-state index contributed by atoms with van der Waals surface area (Å²) in [6.45, 7) is 5.64. The maximum absolute atomic E-state index is 11.8. The zero-order valence-electron chi connectivity index (χ0n) is 13.7. The molecule has 2 heterocycles. The van der Waals surface area contributed by atoms with Crippen LogP contribution in [0.4, 0.5) is 0 Å². The third-order valence-electron chi connectivity index (χ3n) is 4.51. The van der Waals surface area contributed by atoms with Crippen LogP contribution in [0.1, 0.15) is 5.56 Å². The predicted octanol–water partition coefficient (Wildman–Crippen LogP) is 1.37. The Morgan fingerprint density at radius 2 is 2.21 bits per heavy atom. The van der Waals surface area contributed by atoms with E-state index in [0.717, 1.165) is 23.9 Å². The van der Waals surface area contributed by atoms with E-state index in [9.17, 15) is 9.90 Å². The molecule has 2 atom stereocenters. The van der Waals surface area contributed by atoms with Gasteiger partial charge in [0.2, 0.25) is 5.91 Å². The van der Waals surface area contributed by atoms with Crippen molar-refractivity contribution >= 4 is 16.8 Å². The Labute approximate surface area is 142 Å². The highest BCUT2D eigenvalue weighted by Gasteiger charge is 2.32. The molecule has 1 saturated heterocycles. The molecule has 0 unspecified atom stereocenters. The molecule has 2 N–H and O–H groups in total. The smallest absolute Gasteiger partial charge is 0.234 e. The van der Waals surface area contributed by atoms with E-state index in [4.69, 9.17) is 0 Å². The van der Waals surface area contributed by atoms with Crippen LogP contribution in [0.3, 0.4) is 0 Å². The molecule has 0 radical (unpaired) electrons. The molecule has 1 fully saturated rings. The van der Waals surface area contributed by atoms with Crippen molar-refractivity contribution in [1.82, 2.24) is 15.2 Å². The van der Waals surface area contributed by atoms with Crippen LogP contribution in [-0.2, 0) is 11.2 Å². The minimum atomic E-state index is -0.413. The number of benzene rings is 1. The normalized spacial score (nSPS) is 21.0. The van der Waals surface area contributed by atoms with Crippen molar-refractivity contribution in [3.8, 4) is 0 Å². The summed E-state index contributed by atoms with van der Waals surface area (Å²) in [5.41, 5.74) is 2.17. The number of aliphatic hydroxyl groups excluding tert-OH is 1. The topological polar surface area (TPSA) is 65.5 Å². The van der Waals surface area contributed by atoms with Gasteiger partial charge in [-0.2, -0.15) is 0 Å². The van der Waals surface area contributed by atoms with Crippen LogP contribution >= 0.6 is 0 Å². The van der Waals surface area contributed by atoms with E-state index >= 15 is 0 Å². The highest BCUT2D eigenvalue weighted by Crippen LogP contribution is 2.25. The van der Waals surface area contributed by atoms with Crippen molar-refractivity contribution < 1.29 is 9.90 Å². The molecule has 0 saturated carbocycles. The fourth-order valence-electron chi connectivity index (χ4n) is 3.33. The number of amides is 1. The largest absolute Gasteiger partial charge is 0.391 e. The SMILES string of the molecule is C=CCNC(=O)CN1C[C@@H](Cc2ccnc3ccccc23)[C@@H](O)C1. The average Bonchev–Trinajstić information content (AvgIpc) is 2.92. The quantitative estimate of drug-likeness (QED) is 0.788. The molecule has 3 rings (SSSR count). The van der Waals surface area contributed by atoms with Gasteiger partial charge in [0.05, 0.1) is 18.2 Å². The first-order chi connectivity index (χ1) is 11.7. The van der Waals surface area contributed by atoms with Gasteiger partial charge in [0, 0.05) is 37.1 Å². The average molecular weight is 325 g/mol. The van der Waals surface area contributed by atoms with Gasteiger partial charge in [-0.25, -0.2) is 0 Å². The summed E-state index contributed by atoms with van der Waals surface area (Å²) in [5, 5.41) is 14.3. The second-order valence-corrected chi connectivity index (χ2v) is 6.31. The first kappa shape index (κ1) is 16.6. The fraction of sp³-hybridized carbons (Fsp3) is 0.368.